The molecule has 0 aliphatic carbocycles. The molecule has 1 saturated heterocycles. The highest BCUT2D eigenvalue weighted by Crippen LogP contribution is 2.41. The number of aliphatic hydroxyl groups is 1. The highest BCUT2D eigenvalue weighted by Gasteiger charge is 2.47. The summed E-state index contributed by atoms with van der Waals surface area (Å²) >= 11 is 3.35. The fraction of sp³-hybridized carbons (Fsp3) is 0.290. The molecule has 202 valence electrons. The summed E-state index contributed by atoms with van der Waals surface area (Å²) in [4.78, 5) is 28.7. The third-order valence-corrected chi connectivity index (χ3v) is 9.25. The quantitative estimate of drug-likeness (QED) is 0.266. The van der Waals surface area contributed by atoms with Gasteiger partial charge in [0.1, 0.15) is 5.70 Å². The minimum Gasteiger partial charge on any atom is -0.448 e. The number of carbonyl (C=O) groups excluding carboxylic acids is 2. The Bertz CT molecular complexity index is 1250. The number of aliphatic hydroxyl groups excluding tert-OH is 1. The predicted octanol–water partition coefficient (Wildman–Crippen LogP) is 4.41. The van der Waals surface area contributed by atoms with Crippen LogP contribution in [0.25, 0.3) is 0 Å². The highest BCUT2D eigenvalue weighted by atomic mass is 32.2. The minimum absolute atomic E-state index is 0.0166. The first-order valence-electron chi connectivity index (χ1n) is 13.1. The first-order chi connectivity index (χ1) is 19.1. The summed E-state index contributed by atoms with van der Waals surface area (Å²) in [5.74, 6) is 1.56. The Kier molecular flexibility index (Phi) is 9.29. The number of carbonyl (C=O) groups is 2. The van der Waals surface area contributed by atoms with Gasteiger partial charge in [-0.05, 0) is 22.3 Å². The Morgan fingerprint density at radius 2 is 1.59 bits per heavy atom. The smallest absolute Gasteiger partial charge is 0.355 e. The summed E-state index contributed by atoms with van der Waals surface area (Å²) in [6.45, 7) is 0.648. The van der Waals surface area contributed by atoms with Gasteiger partial charge in [0.25, 0.3) is 0 Å². The van der Waals surface area contributed by atoms with Crippen molar-refractivity contribution in [3.05, 3.63) is 119 Å². The number of nitrogens with one attached hydrogen (secondary N) is 1. The van der Waals surface area contributed by atoms with E-state index in [1.165, 1.54) is 0 Å². The molecule has 0 radical (unpaired) electrons. The number of nitrogens with zero attached hydrogens (tertiary/aromatic N) is 1. The van der Waals surface area contributed by atoms with E-state index < -0.39 is 6.10 Å². The van der Waals surface area contributed by atoms with Gasteiger partial charge in [-0.25, -0.2) is 4.79 Å². The van der Waals surface area contributed by atoms with Gasteiger partial charge in [0.2, 0.25) is 5.91 Å². The normalized spacial score (nSPS) is 18.4. The number of fused-ring (bicyclic) bond motifs is 1. The van der Waals surface area contributed by atoms with E-state index in [4.69, 9.17) is 4.74 Å². The van der Waals surface area contributed by atoms with Gasteiger partial charge < -0.3 is 20.1 Å². The maximum atomic E-state index is 13.9. The van der Waals surface area contributed by atoms with Crippen molar-refractivity contribution in [2.24, 2.45) is 0 Å². The lowest BCUT2D eigenvalue weighted by molar-refractivity contribution is -0.146. The van der Waals surface area contributed by atoms with E-state index in [1.54, 1.807) is 23.5 Å². The summed E-state index contributed by atoms with van der Waals surface area (Å²) < 4.78 is 6.25. The summed E-state index contributed by atoms with van der Waals surface area (Å²) in [7, 11) is 0. The van der Waals surface area contributed by atoms with Crippen molar-refractivity contribution in [2.45, 2.75) is 23.9 Å². The molecule has 1 fully saturated rings. The zero-order chi connectivity index (χ0) is 27.0. The molecule has 6 nitrogen and oxygen atoms in total. The van der Waals surface area contributed by atoms with E-state index in [2.05, 4.69) is 10.2 Å². The Morgan fingerprint density at radius 3 is 2.21 bits per heavy atom. The molecule has 0 saturated carbocycles. The Labute approximate surface area is 237 Å². The van der Waals surface area contributed by atoms with Crippen molar-refractivity contribution in [3.63, 3.8) is 0 Å². The number of hydrogen-bond donors (Lipinski definition) is 2. The second-order valence-electron chi connectivity index (χ2n) is 9.53. The molecule has 0 bridgehead atoms. The summed E-state index contributed by atoms with van der Waals surface area (Å²) in [5, 5.41) is 12.4. The van der Waals surface area contributed by atoms with Gasteiger partial charge in [-0.15, -0.1) is 11.8 Å². The van der Waals surface area contributed by atoms with E-state index in [0.29, 0.717) is 35.9 Å². The number of hydrogen-bond acceptors (Lipinski definition) is 7. The molecule has 2 aliphatic rings. The van der Waals surface area contributed by atoms with Gasteiger partial charge in [-0.1, -0.05) is 91.0 Å². The summed E-state index contributed by atoms with van der Waals surface area (Å²) in [6.07, 6.45) is -0.201. The van der Waals surface area contributed by atoms with Crippen molar-refractivity contribution < 1.29 is 19.4 Å². The van der Waals surface area contributed by atoms with Gasteiger partial charge in [-0.3, -0.25) is 4.79 Å². The largest absolute Gasteiger partial charge is 0.448 e. The second-order valence-corrected chi connectivity index (χ2v) is 11.7. The summed E-state index contributed by atoms with van der Waals surface area (Å²) in [6, 6.07) is 29.2. The fourth-order valence-corrected chi connectivity index (χ4v) is 7.16. The number of benzene rings is 3. The van der Waals surface area contributed by atoms with Crippen molar-refractivity contribution in [1.82, 2.24) is 10.2 Å². The zero-order valence-corrected chi connectivity index (χ0v) is 23.2. The molecule has 2 heterocycles. The molecule has 0 aromatic heterocycles. The number of thioether (sulfide) groups is 2. The van der Waals surface area contributed by atoms with Crippen LogP contribution in [0.5, 0.6) is 0 Å². The van der Waals surface area contributed by atoms with Gasteiger partial charge in [0, 0.05) is 23.8 Å². The lowest BCUT2D eigenvalue weighted by Gasteiger charge is -2.52. The number of rotatable bonds is 11. The average molecular weight is 561 g/mol. The van der Waals surface area contributed by atoms with Crippen molar-refractivity contribution in [2.75, 3.05) is 30.4 Å². The van der Waals surface area contributed by atoms with Crippen molar-refractivity contribution in [3.8, 4) is 0 Å². The average Bonchev–Trinajstić information content (AvgIpc) is 2.96. The Balaban J connectivity index is 1.34. The summed E-state index contributed by atoms with van der Waals surface area (Å²) in [5.41, 5.74) is 4.39. The van der Waals surface area contributed by atoms with E-state index >= 15 is 0 Å². The van der Waals surface area contributed by atoms with Crippen LogP contribution >= 0.6 is 23.5 Å². The van der Waals surface area contributed by atoms with Crippen LogP contribution in [-0.4, -0.2) is 63.7 Å². The third-order valence-electron chi connectivity index (χ3n) is 6.78. The van der Waals surface area contributed by atoms with E-state index in [-0.39, 0.29) is 29.9 Å². The molecule has 1 amide bonds. The molecule has 2 aliphatic heterocycles. The highest BCUT2D eigenvalue weighted by molar-refractivity contribution is 8.01. The maximum absolute atomic E-state index is 13.9. The first kappa shape index (κ1) is 27.4. The fourth-order valence-electron chi connectivity index (χ4n) is 4.90. The van der Waals surface area contributed by atoms with E-state index in [9.17, 15) is 14.7 Å². The number of amides is 1. The molecule has 39 heavy (non-hydrogen) atoms. The molecule has 8 heteroatoms. The molecular formula is C31H32N2O4S2. The molecule has 3 aromatic carbocycles. The van der Waals surface area contributed by atoms with Crippen LogP contribution in [0.1, 0.15) is 22.8 Å². The van der Waals surface area contributed by atoms with Gasteiger partial charge >= 0.3 is 5.97 Å². The SMILES string of the molecule is O=C(Cc1ccccc1)NC1CN2C(C(=O)OC(c3ccccc3)c3ccccc3)=C(CSCCO)CSC12. The number of ether oxygens (including phenoxy) is 1. The Morgan fingerprint density at radius 1 is 0.974 bits per heavy atom. The molecule has 0 spiro atoms. The van der Waals surface area contributed by atoms with Gasteiger partial charge in [-0.2, -0.15) is 11.8 Å². The van der Waals surface area contributed by atoms with Crippen LogP contribution in [-0.2, 0) is 20.7 Å². The third kappa shape index (κ3) is 6.69. The van der Waals surface area contributed by atoms with Crippen LogP contribution in [0.4, 0.5) is 0 Å². The van der Waals surface area contributed by atoms with Crippen molar-refractivity contribution >= 4 is 35.4 Å². The standard InChI is InChI=1S/C31H32N2O4S2/c34-16-17-38-20-25-21-39-30-26(32-27(35)18-22-10-4-1-5-11-22)19-33(30)28(25)31(36)37-29(23-12-6-2-7-13-23)24-14-8-3-9-15-24/h1-15,26,29-30,34H,16-21H2,(H,32,35). The van der Waals surface area contributed by atoms with E-state index in [0.717, 1.165) is 22.3 Å². The number of esters is 1. The molecule has 3 aromatic rings. The van der Waals surface area contributed by atoms with Crippen molar-refractivity contribution in [1.29, 1.82) is 0 Å². The first-order valence-corrected chi connectivity index (χ1v) is 15.3. The maximum Gasteiger partial charge on any atom is 0.355 e. The topological polar surface area (TPSA) is 78.9 Å². The van der Waals surface area contributed by atoms with E-state index in [1.807, 2.05) is 91.0 Å². The lowest BCUT2D eigenvalue weighted by Crippen LogP contribution is -2.66. The Hall–Kier alpha value is -3.20. The second kappa shape index (κ2) is 13.2. The van der Waals surface area contributed by atoms with Gasteiger partial charge in [0.15, 0.2) is 6.10 Å². The molecule has 2 unspecified atom stereocenters. The molecule has 2 N–H and O–H groups in total. The van der Waals surface area contributed by atoms with Crippen LogP contribution in [0.15, 0.2) is 102 Å². The van der Waals surface area contributed by atoms with Crippen LogP contribution in [0, 0.1) is 0 Å². The van der Waals surface area contributed by atoms with Gasteiger partial charge in [0.05, 0.1) is 24.4 Å². The van der Waals surface area contributed by atoms with Crippen LogP contribution in [0.2, 0.25) is 0 Å². The molecule has 2 atom stereocenters. The predicted molar refractivity (Wildman–Crippen MR) is 157 cm³/mol. The lowest BCUT2D eigenvalue weighted by atomic mass is 10.0. The minimum atomic E-state index is -0.533. The molecule has 5 rings (SSSR count). The monoisotopic (exact) mass is 560 g/mol. The molecular weight excluding hydrogens is 528 g/mol. The van der Waals surface area contributed by atoms with Crippen LogP contribution in [0.3, 0.4) is 0 Å². The van der Waals surface area contributed by atoms with Crippen LogP contribution < -0.4 is 5.32 Å². The zero-order valence-electron chi connectivity index (χ0n) is 21.6.